The number of methoxy groups -OCH3 is 2. The van der Waals surface area contributed by atoms with E-state index in [9.17, 15) is 0 Å². The first kappa shape index (κ1) is 18.8. The highest BCUT2D eigenvalue weighted by atomic mass is 32.1. The van der Waals surface area contributed by atoms with E-state index in [1.807, 2.05) is 12.1 Å². The highest BCUT2D eigenvalue weighted by Crippen LogP contribution is 2.27. The summed E-state index contributed by atoms with van der Waals surface area (Å²) < 4.78 is 10.6. The summed E-state index contributed by atoms with van der Waals surface area (Å²) in [7, 11) is 3.30. The fourth-order valence-corrected chi connectivity index (χ4v) is 3.26. The summed E-state index contributed by atoms with van der Waals surface area (Å²) in [4.78, 5) is 2.48. The topological polar surface area (TPSA) is 45.8 Å². The van der Waals surface area contributed by atoms with E-state index in [0.717, 1.165) is 62.1 Å². The van der Waals surface area contributed by atoms with Gasteiger partial charge in [-0.3, -0.25) is 0 Å². The number of ether oxygens (including phenoxy) is 2. The first-order valence-corrected chi connectivity index (χ1v) is 9.04. The molecule has 0 amide bonds. The van der Waals surface area contributed by atoms with E-state index in [0.29, 0.717) is 6.04 Å². The summed E-state index contributed by atoms with van der Waals surface area (Å²) in [6.07, 6.45) is 3.20. The molecule has 1 heterocycles. The molecule has 0 spiro atoms. The van der Waals surface area contributed by atoms with Crippen molar-refractivity contribution in [3.05, 3.63) is 23.8 Å². The number of nitrogens with zero attached hydrogens (tertiary/aromatic N) is 1. The maximum absolute atomic E-state index is 5.42. The van der Waals surface area contributed by atoms with Crippen LogP contribution in [0.3, 0.4) is 0 Å². The van der Waals surface area contributed by atoms with Crippen molar-refractivity contribution in [2.45, 2.75) is 32.2 Å². The van der Waals surface area contributed by atoms with Gasteiger partial charge in [0.25, 0.3) is 0 Å². The molecule has 0 saturated carbocycles. The van der Waals surface area contributed by atoms with Gasteiger partial charge in [0.1, 0.15) is 0 Å². The molecule has 1 aliphatic rings. The lowest BCUT2D eigenvalue weighted by molar-refractivity contribution is 0.216. The molecule has 1 fully saturated rings. The van der Waals surface area contributed by atoms with Gasteiger partial charge in [0, 0.05) is 25.7 Å². The van der Waals surface area contributed by atoms with Crippen molar-refractivity contribution in [3.63, 3.8) is 0 Å². The molecule has 0 atom stereocenters. The Hall–Kier alpha value is -1.53. The molecule has 0 unspecified atom stereocenters. The van der Waals surface area contributed by atoms with Gasteiger partial charge in [-0.05, 0) is 55.7 Å². The molecular formula is C18H29N3O2S. The van der Waals surface area contributed by atoms with Crippen LogP contribution in [0.5, 0.6) is 11.5 Å². The highest BCUT2D eigenvalue weighted by Gasteiger charge is 2.18. The molecule has 24 heavy (non-hydrogen) atoms. The van der Waals surface area contributed by atoms with Crippen LogP contribution in [-0.4, -0.2) is 56.5 Å². The molecule has 5 nitrogen and oxygen atoms in total. The van der Waals surface area contributed by atoms with Gasteiger partial charge in [-0.2, -0.15) is 0 Å². The lowest BCUT2D eigenvalue weighted by Gasteiger charge is -2.32. The Morgan fingerprint density at radius 3 is 2.54 bits per heavy atom. The van der Waals surface area contributed by atoms with Crippen molar-refractivity contribution >= 4 is 17.3 Å². The van der Waals surface area contributed by atoms with Crippen LogP contribution in [0.25, 0.3) is 0 Å². The zero-order chi connectivity index (χ0) is 17.4. The minimum Gasteiger partial charge on any atom is -0.493 e. The van der Waals surface area contributed by atoms with Crippen LogP contribution < -0.4 is 20.1 Å². The number of rotatable bonds is 7. The molecule has 0 bridgehead atoms. The summed E-state index contributed by atoms with van der Waals surface area (Å²) in [5.41, 5.74) is 1.19. The van der Waals surface area contributed by atoms with Crippen LogP contribution in [-0.2, 0) is 6.42 Å². The van der Waals surface area contributed by atoms with Crippen LogP contribution in [0.4, 0.5) is 0 Å². The molecule has 1 aliphatic heterocycles. The van der Waals surface area contributed by atoms with Gasteiger partial charge >= 0.3 is 0 Å². The van der Waals surface area contributed by atoms with Gasteiger partial charge in [0.15, 0.2) is 16.6 Å². The van der Waals surface area contributed by atoms with Crippen LogP contribution >= 0.6 is 12.2 Å². The molecule has 0 radical (unpaired) electrons. The molecule has 2 N–H and O–H groups in total. The molecule has 1 aromatic rings. The average Bonchev–Trinajstić information content (AvgIpc) is 2.62. The smallest absolute Gasteiger partial charge is 0.166 e. The highest BCUT2D eigenvalue weighted by molar-refractivity contribution is 7.80. The third kappa shape index (κ3) is 5.53. The Morgan fingerprint density at radius 2 is 1.92 bits per heavy atom. The fourth-order valence-electron chi connectivity index (χ4n) is 2.99. The number of nitrogens with one attached hydrogen (secondary N) is 2. The second kappa shape index (κ2) is 9.69. The van der Waals surface area contributed by atoms with Crippen molar-refractivity contribution in [2.75, 3.05) is 40.4 Å². The molecule has 2 rings (SSSR count). The van der Waals surface area contributed by atoms with Crippen LogP contribution in [0, 0.1) is 0 Å². The third-order valence-electron chi connectivity index (χ3n) is 4.52. The summed E-state index contributed by atoms with van der Waals surface area (Å²) in [5, 5.41) is 7.50. The lowest BCUT2D eigenvalue weighted by atomic mass is 10.1. The quantitative estimate of drug-likeness (QED) is 0.735. The fraction of sp³-hybridized carbons (Fsp3) is 0.611. The predicted octanol–water partition coefficient (Wildman–Crippen LogP) is 2.19. The predicted molar refractivity (Wildman–Crippen MR) is 102 cm³/mol. The molecule has 6 heteroatoms. The zero-order valence-corrected chi connectivity index (χ0v) is 15.7. The van der Waals surface area contributed by atoms with E-state index >= 15 is 0 Å². The SMILES string of the molecule is CCN1CCC(NC(=S)NCCc2ccc(OC)c(OC)c2)CC1. The monoisotopic (exact) mass is 351 g/mol. The number of hydrogen-bond acceptors (Lipinski definition) is 4. The summed E-state index contributed by atoms with van der Waals surface area (Å²) in [5.74, 6) is 1.52. The summed E-state index contributed by atoms with van der Waals surface area (Å²) in [6.45, 7) is 6.47. The molecule has 1 saturated heterocycles. The van der Waals surface area contributed by atoms with Gasteiger partial charge in [0.2, 0.25) is 0 Å². The Labute approximate surface area is 150 Å². The standard InChI is InChI=1S/C18H29N3O2S/c1-4-21-11-8-15(9-12-21)20-18(24)19-10-7-14-5-6-16(22-2)17(13-14)23-3/h5-6,13,15H,4,7-12H2,1-3H3,(H2,19,20,24). The van der Waals surface area contributed by atoms with Crippen molar-refractivity contribution in [1.82, 2.24) is 15.5 Å². The second-order valence-electron chi connectivity index (χ2n) is 6.05. The number of piperidine rings is 1. The van der Waals surface area contributed by atoms with Gasteiger partial charge < -0.3 is 25.0 Å². The molecular weight excluding hydrogens is 322 g/mol. The van der Waals surface area contributed by atoms with Gasteiger partial charge in [-0.15, -0.1) is 0 Å². The first-order chi connectivity index (χ1) is 11.7. The molecule has 1 aromatic carbocycles. The maximum Gasteiger partial charge on any atom is 0.166 e. The molecule has 134 valence electrons. The molecule has 0 aliphatic carbocycles. The van der Waals surface area contributed by atoms with Crippen molar-refractivity contribution in [3.8, 4) is 11.5 Å². The van der Waals surface area contributed by atoms with Gasteiger partial charge in [-0.1, -0.05) is 13.0 Å². The minimum atomic E-state index is 0.494. The van der Waals surface area contributed by atoms with Gasteiger partial charge in [0.05, 0.1) is 14.2 Å². The van der Waals surface area contributed by atoms with Gasteiger partial charge in [-0.25, -0.2) is 0 Å². The van der Waals surface area contributed by atoms with E-state index in [2.05, 4.69) is 28.5 Å². The Morgan fingerprint density at radius 1 is 1.21 bits per heavy atom. The second-order valence-corrected chi connectivity index (χ2v) is 6.46. The van der Waals surface area contributed by atoms with Crippen molar-refractivity contribution < 1.29 is 9.47 Å². The number of benzene rings is 1. The van der Waals surface area contributed by atoms with Crippen molar-refractivity contribution in [2.24, 2.45) is 0 Å². The van der Waals surface area contributed by atoms with E-state index in [1.165, 1.54) is 5.56 Å². The number of likely N-dealkylation sites (tertiary alicyclic amines) is 1. The average molecular weight is 352 g/mol. The van der Waals surface area contributed by atoms with E-state index in [4.69, 9.17) is 21.7 Å². The number of thiocarbonyl (C=S) groups is 1. The van der Waals surface area contributed by atoms with Crippen LogP contribution in [0.2, 0.25) is 0 Å². The Balaban J connectivity index is 1.71. The maximum atomic E-state index is 5.42. The van der Waals surface area contributed by atoms with Crippen molar-refractivity contribution in [1.29, 1.82) is 0 Å². The number of hydrogen-bond donors (Lipinski definition) is 2. The Bertz CT molecular complexity index is 531. The van der Waals surface area contributed by atoms with Crippen LogP contribution in [0.1, 0.15) is 25.3 Å². The minimum absolute atomic E-state index is 0.494. The summed E-state index contributed by atoms with van der Waals surface area (Å²) in [6, 6.07) is 6.50. The third-order valence-corrected chi connectivity index (χ3v) is 4.78. The normalized spacial score (nSPS) is 15.8. The van der Waals surface area contributed by atoms with Crippen LogP contribution in [0.15, 0.2) is 18.2 Å². The summed E-state index contributed by atoms with van der Waals surface area (Å²) >= 11 is 5.42. The van der Waals surface area contributed by atoms with E-state index in [1.54, 1.807) is 14.2 Å². The largest absolute Gasteiger partial charge is 0.493 e. The lowest BCUT2D eigenvalue weighted by Crippen LogP contribution is -2.48. The van der Waals surface area contributed by atoms with E-state index in [-0.39, 0.29) is 0 Å². The molecule has 0 aromatic heterocycles. The zero-order valence-electron chi connectivity index (χ0n) is 14.9. The Kier molecular flexibility index (Phi) is 7.59. The van der Waals surface area contributed by atoms with E-state index < -0.39 is 0 Å². The first-order valence-electron chi connectivity index (χ1n) is 8.63.